The Kier molecular flexibility index (Phi) is 3.92. The second-order valence-electron chi connectivity index (χ2n) is 4.31. The molecule has 0 aromatic heterocycles. The number of carbonyl (C=O) groups is 1. The maximum absolute atomic E-state index is 10.8. The topological polar surface area (TPSA) is 40.5 Å². The number of halogens is 2. The van der Waals surface area contributed by atoms with Gasteiger partial charge in [0.1, 0.15) is 0 Å². The fourth-order valence-corrected chi connectivity index (χ4v) is 2.44. The minimum Gasteiger partial charge on any atom is -0.480 e. The summed E-state index contributed by atoms with van der Waals surface area (Å²) in [4.78, 5) is 12.7. The first-order valence-corrected chi connectivity index (χ1v) is 6.21. The summed E-state index contributed by atoms with van der Waals surface area (Å²) >= 11 is 11.8. The fraction of sp³-hybridized carbons (Fsp3) is 0.417. The molecule has 0 heterocycles. The van der Waals surface area contributed by atoms with Crippen molar-refractivity contribution in [1.82, 2.24) is 4.90 Å². The van der Waals surface area contributed by atoms with E-state index in [9.17, 15) is 4.79 Å². The maximum Gasteiger partial charge on any atom is 0.317 e. The molecule has 1 aromatic rings. The second-order valence-corrected chi connectivity index (χ2v) is 5.18. The van der Waals surface area contributed by atoms with Gasteiger partial charge >= 0.3 is 5.97 Å². The first kappa shape index (κ1) is 12.7. The molecule has 1 aliphatic carbocycles. The van der Waals surface area contributed by atoms with Gasteiger partial charge in [-0.15, -0.1) is 0 Å². The van der Waals surface area contributed by atoms with Crippen molar-refractivity contribution < 1.29 is 9.90 Å². The first-order chi connectivity index (χ1) is 8.04. The Balaban J connectivity index is 2.08. The highest BCUT2D eigenvalue weighted by Gasteiger charge is 2.30. The Morgan fingerprint density at radius 1 is 1.29 bits per heavy atom. The van der Waals surface area contributed by atoms with E-state index < -0.39 is 5.97 Å². The molecule has 0 aliphatic heterocycles. The van der Waals surface area contributed by atoms with Crippen molar-refractivity contribution in [2.45, 2.75) is 25.4 Å². The molecule has 0 bridgehead atoms. The van der Waals surface area contributed by atoms with E-state index in [1.54, 1.807) is 6.07 Å². The second kappa shape index (κ2) is 5.25. The van der Waals surface area contributed by atoms with Crippen molar-refractivity contribution in [3.8, 4) is 0 Å². The van der Waals surface area contributed by atoms with Gasteiger partial charge < -0.3 is 5.11 Å². The van der Waals surface area contributed by atoms with E-state index in [1.807, 2.05) is 17.0 Å². The average molecular weight is 274 g/mol. The van der Waals surface area contributed by atoms with E-state index in [0.717, 1.165) is 18.4 Å². The van der Waals surface area contributed by atoms with Crippen LogP contribution in [0.25, 0.3) is 0 Å². The van der Waals surface area contributed by atoms with Crippen LogP contribution in [0.15, 0.2) is 18.2 Å². The number of aliphatic carboxylic acids is 1. The highest BCUT2D eigenvalue weighted by atomic mass is 35.5. The lowest BCUT2D eigenvalue weighted by Gasteiger charge is -2.19. The Hall–Kier alpha value is -0.770. The van der Waals surface area contributed by atoms with Gasteiger partial charge in [0.15, 0.2) is 0 Å². The van der Waals surface area contributed by atoms with Crippen LogP contribution in [-0.2, 0) is 11.3 Å². The number of carboxylic acids is 1. The minimum absolute atomic E-state index is 0.0643. The average Bonchev–Trinajstić information content (AvgIpc) is 2.96. The molecule has 1 fully saturated rings. The maximum atomic E-state index is 10.8. The SMILES string of the molecule is O=C(O)CN(Cc1cc(Cl)cc(Cl)c1)C1CC1. The molecule has 1 N–H and O–H groups in total. The Morgan fingerprint density at radius 2 is 1.88 bits per heavy atom. The van der Waals surface area contributed by atoms with Crippen LogP contribution in [0.4, 0.5) is 0 Å². The molecule has 0 atom stereocenters. The van der Waals surface area contributed by atoms with Crippen LogP contribution < -0.4 is 0 Å². The van der Waals surface area contributed by atoms with Crippen molar-refractivity contribution in [1.29, 1.82) is 0 Å². The first-order valence-electron chi connectivity index (χ1n) is 5.45. The van der Waals surface area contributed by atoms with E-state index in [4.69, 9.17) is 28.3 Å². The van der Waals surface area contributed by atoms with Crippen LogP contribution in [0.2, 0.25) is 10.0 Å². The predicted molar refractivity (Wildman–Crippen MR) is 67.5 cm³/mol. The zero-order valence-electron chi connectivity index (χ0n) is 9.20. The number of benzene rings is 1. The summed E-state index contributed by atoms with van der Waals surface area (Å²) in [5, 5.41) is 10.0. The summed E-state index contributed by atoms with van der Waals surface area (Å²) in [7, 11) is 0. The molecule has 2 rings (SSSR count). The molecule has 1 saturated carbocycles. The van der Waals surface area contributed by atoms with E-state index in [2.05, 4.69) is 0 Å². The monoisotopic (exact) mass is 273 g/mol. The molecule has 0 spiro atoms. The molecule has 92 valence electrons. The van der Waals surface area contributed by atoms with Crippen molar-refractivity contribution in [3.05, 3.63) is 33.8 Å². The van der Waals surface area contributed by atoms with Gasteiger partial charge in [-0.1, -0.05) is 23.2 Å². The van der Waals surface area contributed by atoms with Crippen molar-refractivity contribution in [2.75, 3.05) is 6.54 Å². The predicted octanol–water partition coefficient (Wildman–Crippen LogP) is 3.04. The van der Waals surface area contributed by atoms with Crippen LogP contribution >= 0.6 is 23.2 Å². The molecular weight excluding hydrogens is 261 g/mol. The highest BCUT2D eigenvalue weighted by molar-refractivity contribution is 6.34. The Labute approximate surface area is 110 Å². The zero-order valence-corrected chi connectivity index (χ0v) is 10.7. The van der Waals surface area contributed by atoms with Crippen molar-refractivity contribution in [2.24, 2.45) is 0 Å². The van der Waals surface area contributed by atoms with Gasteiger partial charge in [-0.05, 0) is 36.6 Å². The summed E-state index contributed by atoms with van der Waals surface area (Å²) in [6.45, 7) is 0.645. The molecule has 1 aromatic carbocycles. The lowest BCUT2D eigenvalue weighted by Crippen LogP contribution is -2.31. The lowest BCUT2D eigenvalue weighted by atomic mass is 10.2. The van der Waals surface area contributed by atoms with Crippen LogP contribution in [0, 0.1) is 0 Å². The molecule has 3 nitrogen and oxygen atoms in total. The van der Waals surface area contributed by atoms with Crippen LogP contribution in [0.5, 0.6) is 0 Å². The normalized spacial score (nSPS) is 15.2. The molecule has 1 aliphatic rings. The molecule has 0 unspecified atom stereocenters. The Bertz CT molecular complexity index is 412. The van der Waals surface area contributed by atoms with Gasteiger partial charge in [-0.25, -0.2) is 0 Å². The lowest BCUT2D eigenvalue weighted by molar-refractivity contribution is -0.138. The number of rotatable bonds is 5. The molecule has 0 amide bonds. The molecule has 0 radical (unpaired) electrons. The molecule has 17 heavy (non-hydrogen) atoms. The third-order valence-corrected chi connectivity index (χ3v) is 3.15. The number of hydrogen-bond donors (Lipinski definition) is 1. The van der Waals surface area contributed by atoms with Crippen molar-refractivity contribution in [3.63, 3.8) is 0 Å². The summed E-state index contributed by atoms with van der Waals surface area (Å²) in [5.41, 5.74) is 0.954. The number of hydrogen-bond acceptors (Lipinski definition) is 2. The summed E-state index contributed by atoms with van der Waals surface area (Å²) in [6.07, 6.45) is 2.14. The zero-order chi connectivity index (χ0) is 12.4. The van der Waals surface area contributed by atoms with Crippen molar-refractivity contribution >= 4 is 29.2 Å². The van der Waals surface area contributed by atoms with Gasteiger partial charge in [0.25, 0.3) is 0 Å². The van der Waals surface area contributed by atoms with E-state index in [-0.39, 0.29) is 6.54 Å². The fourth-order valence-electron chi connectivity index (χ4n) is 1.86. The van der Waals surface area contributed by atoms with Crippen LogP contribution in [-0.4, -0.2) is 28.6 Å². The standard InChI is InChI=1S/C12H13Cl2NO2/c13-9-3-8(4-10(14)5-9)6-15(7-12(16)17)11-1-2-11/h3-5,11H,1-2,6-7H2,(H,16,17). The summed E-state index contributed by atoms with van der Waals surface area (Å²) in [6, 6.07) is 5.71. The Morgan fingerprint density at radius 3 is 2.35 bits per heavy atom. The van der Waals surface area contributed by atoms with Gasteiger partial charge in [0.05, 0.1) is 6.54 Å². The third kappa shape index (κ3) is 3.87. The minimum atomic E-state index is -0.801. The molecule has 0 saturated heterocycles. The van der Waals surface area contributed by atoms with Gasteiger partial charge in [0, 0.05) is 22.6 Å². The van der Waals surface area contributed by atoms with Crippen LogP contribution in [0.3, 0.4) is 0 Å². The smallest absolute Gasteiger partial charge is 0.317 e. The van der Waals surface area contributed by atoms with Gasteiger partial charge in [0.2, 0.25) is 0 Å². The quantitative estimate of drug-likeness (QED) is 0.897. The van der Waals surface area contributed by atoms with Gasteiger partial charge in [-0.3, -0.25) is 9.69 Å². The summed E-state index contributed by atoms with van der Waals surface area (Å²) in [5.74, 6) is -0.801. The molecular formula is C12H13Cl2NO2. The van der Waals surface area contributed by atoms with E-state index in [0.29, 0.717) is 22.6 Å². The third-order valence-electron chi connectivity index (χ3n) is 2.71. The van der Waals surface area contributed by atoms with E-state index in [1.165, 1.54) is 0 Å². The largest absolute Gasteiger partial charge is 0.480 e. The number of nitrogens with zero attached hydrogens (tertiary/aromatic N) is 1. The summed E-state index contributed by atoms with van der Waals surface area (Å²) < 4.78 is 0. The van der Waals surface area contributed by atoms with Gasteiger partial charge in [-0.2, -0.15) is 0 Å². The number of carboxylic acid groups (broad SMARTS) is 1. The highest BCUT2D eigenvalue weighted by Crippen LogP contribution is 2.29. The van der Waals surface area contributed by atoms with E-state index >= 15 is 0 Å². The van der Waals surface area contributed by atoms with Crippen LogP contribution in [0.1, 0.15) is 18.4 Å². The molecule has 5 heteroatoms.